The van der Waals surface area contributed by atoms with Gasteiger partial charge in [-0.3, -0.25) is 9.59 Å². The Labute approximate surface area is 114 Å². The highest BCUT2D eigenvalue weighted by atomic mass is 19.4. The zero-order valence-corrected chi connectivity index (χ0v) is 11.0. The van der Waals surface area contributed by atoms with E-state index in [0.29, 0.717) is 32.5 Å². The summed E-state index contributed by atoms with van der Waals surface area (Å²) in [5.74, 6) is -1.61. The predicted octanol–water partition coefficient (Wildman–Crippen LogP) is 0.123. The van der Waals surface area contributed by atoms with Crippen LogP contribution in [-0.2, 0) is 9.59 Å². The summed E-state index contributed by atoms with van der Waals surface area (Å²) in [5, 5.41) is 5.82. The Morgan fingerprint density at radius 3 is 2.25 bits per heavy atom. The smallest absolute Gasteiger partial charge is 0.355 e. The Kier molecular flexibility index (Phi) is 4.52. The minimum absolute atomic E-state index is 0.00227. The third kappa shape index (κ3) is 3.62. The Bertz CT molecular complexity index is 375. The molecule has 0 aromatic rings. The number of hydrogen-bond donors (Lipinski definition) is 2. The predicted molar refractivity (Wildman–Crippen MR) is 64.7 cm³/mol. The molecule has 2 aliphatic rings. The van der Waals surface area contributed by atoms with Crippen molar-refractivity contribution in [2.24, 2.45) is 11.8 Å². The molecule has 2 N–H and O–H groups in total. The molecule has 0 spiro atoms. The monoisotopic (exact) mass is 293 g/mol. The van der Waals surface area contributed by atoms with Crippen molar-refractivity contribution in [3.63, 3.8) is 0 Å². The molecule has 0 unspecified atom stereocenters. The highest BCUT2D eigenvalue weighted by Gasteiger charge is 2.43. The molecule has 0 saturated carbocycles. The number of carbonyl (C=O) groups is 2. The fourth-order valence-electron chi connectivity index (χ4n) is 2.38. The normalized spacial score (nSPS) is 21.4. The molecule has 0 atom stereocenters. The lowest BCUT2D eigenvalue weighted by Crippen LogP contribution is -2.52. The van der Waals surface area contributed by atoms with Crippen LogP contribution in [0.5, 0.6) is 0 Å². The number of carbonyl (C=O) groups excluding carboxylic acids is 2. The molecule has 114 valence electrons. The van der Waals surface area contributed by atoms with Crippen LogP contribution < -0.4 is 10.6 Å². The first kappa shape index (κ1) is 15.1. The minimum atomic E-state index is -4.79. The van der Waals surface area contributed by atoms with Crippen molar-refractivity contribution in [1.29, 1.82) is 0 Å². The fraction of sp³-hybridized carbons (Fsp3) is 0.833. The lowest BCUT2D eigenvalue weighted by atomic mass is 9.96. The number of piperidine rings is 1. The lowest BCUT2D eigenvalue weighted by Gasteiger charge is -2.33. The number of hydrogen-bond acceptors (Lipinski definition) is 3. The van der Waals surface area contributed by atoms with Crippen molar-refractivity contribution in [2.75, 3.05) is 32.7 Å². The van der Waals surface area contributed by atoms with E-state index in [1.54, 1.807) is 0 Å². The summed E-state index contributed by atoms with van der Waals surface area (Å²) < 4.78 is 36.8. The summed E-state index contributed by atoms with van der Waals surface area (Å²) in [7, 11) is 0. The van der Waals surface area contributed by atoms with Gasteiger partial charge in [0.05, 0.1) is 5.92 Å². The maximum absolute atomic E-state index is 12.3. The number of rotatable bonds is 3. The van der Waals surface area contributed by atoms with Crippen molar-refractivity contribution in [3.8, 4) is 0 Å². The molecule has 0 aromatic heterocycles. The van der Waals surface area contributed by atoms with Crippen LogP contribution in [0.1, 0.15) is 12.8 Å². The summed E-state index contributed by atoms with van der Waals surface area (Å²) in [4.78, 5) is 23.5. The maximum atomic E-state index is 12.3. The van der Waals surface area contributed by atoms with E-state index in [2.05, 4.69) is 10.6 Å². The summed E-state index contributed by atoms with van der Waals surface area (Å²) in [6.07, 6.45) is -3.81. The third-order valence-electron chi connectivity index (χ3n) is 3.86. The van der Waals surface area contributed by atoms with Gasteiger partial charge in [0, 0.05) is 32.7 Å². The summed E-state index contributed by atoms with van der Waals surface area (Å²) in [6, 6.07) is 0. The molecule has 2 amide bonds. The first-order valence-corrected chi connectivity index (χ1v) is 6.72. The number of nitrogens with one attached hydrogen (secondary N) is 2. The van der Waals surface area contributed by atoms with E-state index in [4.69, 9.17) is 0 Å². The first-order valence-electron chi connectivity index (χ1n) is 6.72. The van der Waals surface area contributed by atoms with E-state index >= 15 is 0 Å². The fourth-order valence-corrected chi connectivity index (χ4v) is 2.38. The van der Waals surface area contributed by atoms with Gasteiger partial charge in [0.2, 0.25) is 5.91 Å². The van der Waals surface area contributed by atoms with Gasteiger partial charge in [0.15, 0.2) is 0 Å². The molecule has 2 saturated heterocycles. The van der Waals surface area contributed by atoms with E-state index < -0.39 is 12.1 Å². The van der Waals surface area contributed by atoms with Crippen LogP contribution in [0.3, 0.4) is 0 Å². The van der Waals surface area contributed by atoms with Crippen LogP contribution in [0.25, 0.3) is 0 Å². The molecule has 2 aliphatic heterocycles. The molecule has 0 radical (unpaired) electrons. The molecule has 8 heteroatoms. The molecule has 5 nitrogen and oxygen atoms in total. The first-order chi connectivity index (χ1) is 9.38. The third-order valence-corrected chi connectivity index (χ3v) is 3.86. The van der Waals surface area contributed by atoms with Gasteiger partial charge in [-0.05, 0) is 18.8 Å². The maximum Gasteiger partial charge on any atom is 0.471 e. The number of halogens is 3. The van der Waals surface area contributed by atoms with Gasteiger partial charge in [0.25, 0.3) is 0 Å². The number of likely N-dealkylation sites (tertiary alicyclic amines) is 1. The molecule has 2 fully saturated rings. The van der Waals surface area contributed by atoms with Crippen molar-refractivity contribution in [1.82, 2.24) is 15.5 Å². The SMILES string of the molecule is O=C(NCC1CCN(C(=O)C(F)(F)F)CC1)C1CNC1. The van der Waals surface area contributed by atoms with Crippen molar-refractivity contribution < 1.29 is 22.8 Å². The van der Waals surface area contributed by atoms with Gasteiger partial charge in [0.1, 0.15) is 0 Å². The van der Waals surface area contributed by atoms with Crippen LogP contribution in [-0.4, -0.2) is 55.6 Å². The zero-order chi connectivity index (χ0) is 14.8. The molecule has 0 aromatic carbocycles. The molecular weight excluding hydrogens is 275 g/mol. The van der Waals surface area contributed by atoms with Crippen LogP contribution in [0.15, 0.2) is 0 Å². The van der Waals surface area contributed by atoms with Gasteiger partial charge < -0.3 is 15.5 Å². The van der Waals surface area contributed by atoms with Gasteiger partial charge in [-0.1, -0.05) is 0 Å². The second-order valence-electron chi connectivity index (χ2n) is 5.33. The topological polar surface area (TPSA) is 61.4 Å². The van der Waals surface area contributed by atoms with Gasteiger partial charge in [-0.2, -0.15) is 13.2 Å². The Hall–Kier alpha value is -1.31. The van der Waals surface area contributed by atoms with Crippen molar-refractivity contribution >= 4 is 11.8 Å². The molecule has 20 heavy (non-hydrogen) atoms. The van der Waals surface area contributed by atoms with E-state index in [0.717, 1.165) is 4.90 Å². The van der Waals surface area contributed by atoms with Crippen molar-refractivity contribution in [3.05, 3.63) is 0 Å². The second kappa shape index (κ2) is 5.99. The largest absolute Gasteiger partial charge is 0.471 e. The molecule has 0 aliphatic carbocycles. The summed E-state index contributed by atoms with van der Waals surface area (Å²) in [6.45, 7) is 2.05. The Morgan fingerprint density at radius 1 is 1.20 bits per heavy atom. The van der Waals surface area contributed by atoms with Crippen LogP contribution in [0, 0.1) is 11.8 Å². The quantitative estimate of drug-likeness (QED) is 0.777. The van der Waals surface area contributed by atoms with Crippen LogP contribution in [0.4, 0.5) is 13.2 Å². The number of alkyl halides is 3. The molecular formula is C12H18F3N3O2. The summed E-state index contributed by atoms with van der Waals surface area (Å²) >= 11 is 0. The minimum Gasteiger partial charge on any atom is -0.355 e. The highest BCUT2D eigenvalue weighted by Crippen LogP contribution is 2.23. The average Bonchev–Trinajstić information content (AvgIpc) is 2.33. The lowest BCUT2D eigenvalue weighted by molar-refractivity contribution is -0.186. The Balaban J connectivity index is 1.69. The second-order valence-corrected chi connectivity index (χ2v) is 5.33. The molecule has 0 bridgehead atoms. The molecule has 2 heterocycles. The highest BCUT2D eigenvalue weighted by molar-refractivity contribution is 5.82. The average molecular weight is 293 g/mol. The van der Waals surface area contributed by atoms with Crippen LogP contribution in [0.2, 0.25) is 0 Å². The molecule has 2 rings (SSSR count). The van der Waals surface area contributed by atoms with E-state index in [1.807, 2.05) is 0 Å². The summed E-state index contributed by atoms with van der Waals surface area (Å²) in [5.41, 5.74) is 0. The van der Waals surface area contributed by atoms with Gasteiger partial charge in [-0.15, -0.1) is 0 Å². The standard InChI is InChI=1S/C12H18F3N3O2/c13-12(14,15)11(20)18-3-1-8(2-4-18)5-17-10(19)9-6-16-7-9/h8-9,16H,1-7H2,(H,17,19). The van der Waals surface area contributed by atoms with Gasteiger partial charge in [-0.25, -0.2) is 0 Å². The number of amides is 2. The van der Waals surface area contributed by atoms with E-state index in [-0.39, 0.29) is 30.8 Å². The Morgan fingerprint density at radius 2 is 1.80 bits per heavy atom. The zero-order valence-electron chi connectivity index (χ0n) is 11.0. The van der Waals surface area contributed by atoms with Crippen molar-refractivity contribution in [2.45, 2.75) is 19.0 Å². The van der Waals surface area contributed by atoms with Crippen LogP contribution >= 0.6 is 0 Å². The number of nitrogens with zero attached hydrogens (tertiary/aromatic N) is 1. The van der Waals surface area contributed by atoms with Gasteiger partial charge >= 0.3 is 12.1 Å². The van der Waals surface area contributed by atoms with E-state index in [1.165, 1.54) is 0 Å². The van der Waals surface area contributed by atoms with E-state index in [9.17, 15) is 22.8 Å².